The largest absolute Gasteiger partial charge is 0.372 e. The number of rotatable bonds is 4. The van der Waals surface area contributed by atoms with Crippen LogP contribution in [-0.2, 0) is 0 Å². The first kappa shape index (κ1) is 15.1. The number of hydrogen-bond acceptors (Lipinski definition) is 7. The van der Waals surface area contributed by atoms with E-state index < -0.39 is 10.8 Å². The van der Waals surface area contributed by atoms with Crippen LogP contribution in [0.2, 0.25) is 0 Å². The van der Waals surface area contributed by atoms with E-state index >= 15 is 0 Å². The van der Waals surface area contributed by atoms with Gasteiger partial charge in [0.15, 0.2) is 0 Å². The molecule has 0 unspecified atom stereocenters. The maximum absolute atomic E-state index is 12.3. The Kier molecular flexibility index (Phi) is 4.66. The van der Waals surface area contributed by atoms with E-state index in [0.29, 0.717) is 18.9 Å². The lowest BCUT2D eigenvalue weighted by molar-refractivity contribution is -0.385. The van der Waals surface area contributed by atoms with E-state index in [1.54, 1.807) is 12.1 Å². The fourth-order valence-electron chi connectivity index (χ4n) is 2.05. The van der Waals surface area contributed by atoms with Gasteiger partial charge in [0.25, 0.3) is 11.6 Å². The van der Waals surface area contributed by atoms with E-state index in [1.807, 2.05) is 7.05 Å². The number of piperazine rings is 1. The number of likely N-dealkylation sites (N-methyl/N-ethyl adjacent to an activating group) is 1. The molecule has 0 aromatic carbocycles. The van der Waals surface area contributed by atoms with E-state index in [9.17, 15) is 14.9 Å². The highest BCUT2D eigenvalue weighted by Gasteiger charge is 2.21. The topological polar surface area (TPSA) is 104 Å². The monoisotopic (exact) mass is 294 g/mol. The van der Waals surface area contributed by atoms with Crippen LogP contribution in [0.4, 0.5) is 11.5 Å². The van der Waals surface area contributed by atoms with E-state index in [4.69, 9.17) is 0 Å². The summed E-state index contributed by atoms with van der Waals surface area (Å²) in [5.74, 6) is -0.0904. The number of aromatic nitrogens is 1. The predicted molar refractivity (Wildman–Crippen MR) is 77.0 cm³/mol. The lowest BCUT2D eigenvalue weighted by Crippen LogP contribution is -2.52. The summed E-state index contributed by atoms with van der Waals surface area (Å²) >= 11 is 0. The molecule has 9 nitrogen and oxygen atoms in total. The molecular weight excluding hydrogens is 276 g/mol. The zero-order valence-corrected chi connectivity index (χ0v) is 12.0. The molecule has 0 bridgehead atoms. The summed E-state index contributed by atoms with van der Waals surface area (Å²) in [7, 11) is 3.63. The molecule has 114 valence electrons. The van der Waals surface area contributed by atoms with E-state index in [-0.39, 0.29) is 11.3 Å². The number of amides is 1. The first-order valence-corrected chi connectivity index (χ1v) is 6.58. The van der Waals surface area contributed by atoms with Gasteiger partial charge in [-0.15, -0.1) is 0 Å². The Morgan fingerprint density at radius 2 is 2.05 bits per heavy atom. The van der Waals surface area contributed by atoms with Gasteiger partial charge in [-0.1, -0.05) is 0 Å². The molecule has 1 aliphatic heterocycles. The van der Waals surface area contributed by atoms with Crippen molar-refractivity contribution in [1.29, 1.82) is 0 Å². The van der Waals surface area contributed by atoms with Crippen LogP contribution < -0.4 is 10.7 Å². The highest BCUT2D eigenvalue weighted by atomic mass is 16.6. The molecule has 0 aliphatic carbocycles. The van der Waals surface area contributed by atoms with Crippen LogP contribution in [-0.4, -0.2) is 66.0 Å². The van der Waals surface area contributed by atoms with Crippen LogP contribution in [0.3, 0.4) is 0 Å². The van der Waals surface area contributed by atoms with Crippen molar-refractivity contribution in [3.05, 3.63) is 27.9 Å². The molecule has 21 heavy (non-hydrogen) atoms. The maximum atomic E-state index is 12.3. The van der Waals surface area contributed by atoms with Crippen LogP contribution in [0.15, 0.2) is 12.3 Å². The summed E-state index contributed by atoms with van der Waals surface area (Å²) in [6, 6.07) is 1.23. The minimum Gasteiger partial charge on any atom is -0.372 e. The van der Waals surface area contributed by atoms with Crippen molar-refractivity contribution in [2.45, 2.75) is 0 Å². The van der Waals surface area contributed by atoms with Gasteiger partial charge >= 0.3 is 0 Å². The minimum atomic E-state index is -0.570. The second-order valence-electron chi connectivity index (χ2n) is 4.83. The van der Waals surface area contributed by atoms with Crippen molar-refractivity contribution in [1.82, 2.24) is 20.3 Å². The Hall–Kier alpha value is -2.26. The smallest absolute Gasteiger partial charge is 0.288 e. The average Bonchev–Trinajstić information content (AvgIpc) is 2.48. The van der Waals surface area contributed by atoms with Crippen LogP contribution in [0.1, 0.15) is 10.4 Å². The lowest BCUT2D eigenvalue weighted by Gasteiger charge is -2.32. The molecule has 2 rings (SSSR count). The van der Waals surface area contributed by atoms with Gasteiger partial charge in [0.2, 0.25) is 0 Å². The Balaban J connectivity index is 2.13. The summed E-state index contributed by atoms with van der Waals surface area (Å²) < 4.78 is 0. The Morgan fingerprint density at radius 3 is 2.62 bits per heavy atom. The van der Waals surface area contributed by atoms with E-state index in [2.05, 4.69) is 20.6 Å². The molecule has 0 atom stereocenters. The molecule has 2 N–H and O–H groups in total. The SMILES string of the molecule is CNc1ncc([N+](=O)[O-])cc1C(=O)NN1CCN(C)CC1. The number of anilines is 1. The average molecular weight is 294 g/mol. The third-order valence-corrected chi connectivity index (χ3v) is 3.33. The highest BCUT2D eigenvalue weighted by molar-refractivity contribution is 5.99. The molecule has 1 fully saturated rings. The quantitative estimate of drug-likeness (QED) is 0.591. The summed E-state index contributed by atoms with van der Waals surface area (Å²) in [4.78, 5) is 28.6. The van der Waals surface area contributed by atoms with Gasteiger partial charge in [0.1, 0.15) is 12.0 Å². The zero-order chi connectivity index (χ0) is 15.4. The van der Waals surface area contributed by atoms with Crippen LogP contribution in [0.25, 0.3) is 0 Å². The van der Waals surface area contributed by atoms with Gasteiger partial charge in [-0.25, -0.2) is 9.99 Å². The van der Waals surface area contributed by atoms with Crippen LogP contribution >= 0.6 is 0 Å². The van der Waals surface area contributed by atoms with Gasteiger partial charge in [0, 0.05) is 39.3 Å². The summed E-state index contributed by atoms with van der Waals surface area (Å²) in [6.45, 7) is 3.12. The Bertz CT molecular complexity index is 542. The van der Waals surface area contributed by atoms with Crippen molar-refractivity contribution in [3.8, 4) is 0 Å². The first-order chi connectivity index (χ1) is 10.0. The molecular formula is C12H18N6O3. The van der Waals surface area contributed by atoms with E-state index in [0.717, 1.165) is 19.3 Å². The molecule has 1 aromatic rings. The zero-order valence-electron chi connectivity index (χ0n) is 12.0. The van der Waals surface area contributed by atoms with Crippen molar-refractivity contribution in [2.75, 3.05) is 45.6 Å². The van der Waals surface area contributed by atoms with Crippen LogP contribution in [0.5, 0.6) is 0 Å². The summed E-state index contributed by atoms with van der Waals surface area (Å²) in [6.07, 6.45) is 1.12. The number of carbonyl (C=O) groups excluding carboxylic acids is 1. The molecule has 9 heteroatoms. The van der Waals surface area contributed by atoms with Gasteiger partial charge in [-0.2, -0.15) is 0 Å². The molecule has 1 aliphatic rings. The number of nitro groups is 1. The van der Waals surface area contributed by atoms with Crippen molar-refractivity contribution >= 4 is 17.4 Å². The van der Waals surface area contributed by atoms with Gasteiger partial charge in [0.05, 0.1) is 10.5 Å². The number of nitrogens with one attached hydrogen (secondary N) is 2. The number of hydrogen-bond donors (Lipinski definition) is 2. The van der Waals surface area contributed by atoms with E-state index in [1.165, 1.54) is 6.07 Å². The van der Waals surface area contributed by atoms with Gasteiger partial charge in [-0.05, 0) is 7.05 Å². The second-order valence-corrected chi connectivity index (χ2v) is 4.83. The normalized spacial score (nSPS) is 16.5. The fourth-order valence-corrected chi connectivity index (χ4v) is 2.05. The molecule has 2 heterocycles. The predicted octanol–water partition coefficient (Wildman–Crippen LogP) is -0.0763. The molecule has 0 spiro atoms. The third-order valence-electron chi connectivity index (χ3n) is 3.33. The molecule has 1 aromatic heterocycles. The molecule has 0 radical (unpaired) electrons. The van der Waals surface area contributed by atoms with Crippen LogP contribution in [0, 0.1) is 10.1 Å². The first-order valence-electron chi connectivity index (χ1n) is 6.58. The van der Waals surface area contributed by atoms with Crippen molar-refractivity contribution < 1.29 is 9.72 Å². The number of carbonyl (C=O) groups is 1. The van der Waals surface area contributed by atoms with Crippen molar-refractivity contribution in [2.24, 2.45) is 0 Å². The van der Waals surface area contributed by atoms with Crippen molar-refractivity contribution in [3.63, 3.8) is 0 Å². The minimum absolute atomic E-state index is 0.158. The molecule has 1 saturated heterocycles. The Morgan fingerprint density at radius 1 is 1.38 bits per heavy atom. The number of nitrogens with zero attached hydrogens (tertiary/aromatic N) is 4. The molecule has 1 amide bonds. The summed E-state index contributed by atoms with van der Waals surface area (Å²) in [5.41, 5.74) is 2.71. The Labute approximate surface area is 122 Å². The lowest BCUT2D eigenvalue weighted by atomic mass is 10.2. The summed E-state index contributed by atoms with van der Waals surface area (Å²) in [5, 5.41) is 15.4. The maximum Gasteiger partial charge on any atom is 0.288 e. The second kappa shape index (κ2) is 6.46. The molecule has 0 saturated carbocycles. The third kappa shape index (κ3) is 3.64. The number of pyridine rings is 1. The fraction of sp³-hybridized carbons (Fsp3) is 0.500. The van der Waals surface area contributed by atoms with Gasteiger partial charge < -0.3 is 10.2 Å². The van der Waals surface area contributed by atoms with Gasteiger partial charge in [-0.3, -0.25) is 20.3 Å². The standard InChI is InChI=1S/C12H18N6O3/c1-13-11-10(7-9(8-14-11)18(20)21)12(19)15-17-5-3-16(2)4-6-17/h7-8H,3-6H2,1-2H3,(H,13,14)(H,15,19). The highest BCUT2D eigenvalue weighted by Crippen LogP contribution is 2.18. The number of hydrazine groups is 1.